The minimum atomic E-state index is 0. The van der Waals surface area contributed by atoms with Crippen molar-refractivity contribution in [2.45, 2.75) is 19.9 Å². The van der Waals surface area contributed by atoms with E-state index in [-0.39, 0.29) is 18.3 Å². The molecule has 1 aliphatic rings. The third-order valence-corrected chi connectivity index (χ3v) is 3.70. The van der Waals surface area contributed by atoms with Crippen molar-refractivity contribution < 1.29 is 9.53 Å². The number of hydrogen-bond acceptors (Lipinski definition) is 4. The Bertz CT molecular complexity index is 479. The van der Waals surface area contributed by atoms with E-state index in [2.05, 4.69) is 29.3 Å². The van der Waals surface area contributed by atoms with Crippen LogP contribution in [-0.4, -0.2) is 62.1 Å². The van der Waals surface area contributed by atoms with E-state index in [0.717, 1.165) is 51.5 Å². The lowest BCUT2D eigenvalue weighted by Gasteiger charge is -2.29. The second-order valence-electron chi connectivity index (χ2n) is 5.80. The van der Waals surface area contributed by atoms with Gasteiger partial charge in [0.15, 0.2) is 0 Å². The Labute approximate surface area is 145 Å². The number of hydrogen-bond donors (Lipinski definition) is 1. The lowest BCUT2D eigenvalue weighted by molar-refractivity contribution is -0.132. The van der Waals surface area contributed by atoms with E-state index < -0.39 is 0 Å². The molecule has 0 aliphatic carbocycles. The molecule has 0 aromatic heterocycles. The van der Waals surface area contributed by atoms with Gasteiger partial charge in [0.05, 0.1) is 13.2 Å². The van der Waals surface area contributed by atoms with Crippen LogP contribution >= 0.6 is 12.4 Å². The molecule has 6 heteroatoms. The van der Waals surface area contributed by atoms with Crippen molar-refractivity contribution in [3.8, 4) is 5.75 Å². The molecule has 1 aromatic carbocycles. The Kier molecular flexibility index (Phi) is 8.99. The average molecular weight is 342 g/mol. The van der Waals surface area contributed by atoms with Crippen LogP contribution in [0.2, 0.25) is 0 Å². The highest BCUT2D eigenvalue weighted by Crippen LogP contribution is 2.15. The van der Waals surface area contributed by atoms with Gasteiger partial charge < -0.3 is 15.0 Å². The normalized spacial score (nSPS) is 14.5. The van der Waals surface area contributed by atoms with E-state index in [1.165, 1.54) is 5.56 Å². The molecule has 130 valence electrons. The minimum absolute atomic E-state index is 0. The summed E-state index contributed by atoms with van der Waals surface area (Å²) in [5.74, 6) is 1.11. The molecule has 1 amide bonds. The van der Waals surface area contributed by atoms with Crippen molar-refractivity contribution in [3.63, 3.8) is 0 Å². The van der Waals surface area contributed by atoms with Crippen LogP contribution in [0.25, 0.3) is 0 Å². The largest absolute Gasteiger partial charge is 0.494 e. The summed E-state index contributed by atoms with van der Waals surface area (Å²) in [6, 6.07) is 8.11. The van der Waals surface area contributed by atoms with Crippen LogP contribution in [0, 0.1) is 0 Å². The van der Waals surface area contributed by atoms with E-state index in [4.69, 9.17) is 4.74 Å². The van der Waals surface area contributed by atoms with Gasteiger partial charge in [-0.15, -0.1) is 12.4 Å². The summed E-state index contributed by atoms with van der Waals surface area (Å²) in [5.41, 5.74) is 1.17. The summed E-state index contributed by atoms with van der Waals surface area (Å²) in [4.78, 5) is 16.2. The predicted octanol–water partition coefficient (Wildman–Crippen LogP) is 1.76. The van der Waals surface area contributed by atoms with E-state index in [0.29, 0.717) is 6.54 Å². The number of ether oxygens (including phenoxy) is 1. The molecule has 23 heavy (non-hydrogen) atoms. The molecule has 5 nitrogen and oxygen atoms in total. The van der Waals surface area contributed by atoms with Crippen LogP contribution in [0.4, 0.5) is 0 Å². The summed E-state index contributed by atoms with van der Waals surface area (Å²) in [7, 11) is 1.99. The Morgan fingerprint density at radius 1 is 1.35 bits per heavy atom. The van der Waals surface area contributed by atoms with Crippen LogP contribution in [0.3, 0.4) is 0 Å². The van der Waals surface area contributed by atoms with E-state index >= 15 is 0 Å². The van der Waals surface area contributed by atoms with Crippen molar-refractivity contribution in [2.75, 3.05) is 46.4 Å². The van der Waals surface area contributed by atoms with Gasteiger partial charge in [-0.05, 0) is 31.2 Å². The molecule has 1 heterocycles. The summed E-state index contributed by atoms with van der Waals surface area (Å²) in [5, 5.41) is 3.26. The zero-order valence-corrected chi connectivity index (χ0v) is 14.9. The Balaban J connectivity index is 0.00000264. The smallest absolute Gasteiger partial charge is 0.236 e. The number of rotatable bonds is 7. The zero-order valence-electron chi connectivity index (χ0n) is 14.1. The van der Waals surface area contributed by atoms with E-state index in [9.17, 15) is 4.79 Å². The highest BCUT2D eigenvalue weighted by molar-refractivity contribution is 5.85. The fraction of sp³-hybridized carbons (Fsp3) is 0.588. The van der Waals surface area contributed by atoms with Crippen LogP contribution in [0.1, 0.15) is 18.9 Å². The number of carbonyl (C=O) groups is 1. The van der Waals surface area contributed by atoms with Gasteiger partial charge in [0.25, 0.3) is 0 Å². The molecule has 1 aliphatic heterocycles. The van der Waals surface area contributed by atoms with Gasteiger partial charge in [0.1, 0.15) is 5.75 Å². The molecule has 1 N–H and O–H groups in total. The molecular weight excluding hydrogens is 314 g/mol. The number of carbonyl (C=O) groups excluding carboxylic acids is 1. The minimum Gasteiger partial charge on any atom is -0.494 e. The Hall–Kier alpha value is -1.30. The molecule has 0 bridgehead atoms. The quantitative estimate of drug-likeness (QED) is 0.821. The third kappa shape index (κ3) is 6.77. The third-order valence-electron chi connectivity index (χ3n) is 3.70. The first kappa shape index (κ1) is 19.7. The van der Waals surface area contributed by atoms with Gasteiger partial charge in [-0.1, -0.05) is 19.1 Å². The fourth-order valence-corrected chi connectivity index (χ4v) is 2.57. The Morgan fingerprint density at radius 2 is 2.09 bits per heavy atom. The van der Waals surface area contributed by atoms with Gasteiger partial charge in [-0.2, -0.15) is 0 Å². The molecular formula is C17H28ClN3O2. The SMILES string of the molecule is CCCOc1cccc(CN(C)CC(=O)N2CCNCC2)c1.Cl. The van der Waals surface area contributed by atoms with Crippen LogP contribution < -0.4 is 10.1 Å². The fourth-order valence-electron chi connectivity index (χ4n) is 2.57. The summed E-state index contributed by atoms with van der Waals surface area (Å²) in [6.45, 7) is 7.46. The monoisotopic (exact) mass is 341 g/mol. The summed E-state index contributed by atoms with van der Waals surface area (Å²) >= 11 is 0. The number of amides is 1. The standard InChI is InChI=1S/C17H27N3O2.ClH/c1-3-11-22-16-6-4-5-15(12-16)13-19(2)14-17(21)20-9-7-18-8-10-20;/h4-6,12,18H,3,7-11,13-14H2,1-2H3;1H. The van der Waals surface area contributed by atoms with Gasteiger partial charge in [-0.3, -0.25) is 9.69 Å². The molecule has 0 atom stereocenters. The first-order chi connectivity index (χ1) is 10.7. The second kappa shape index (κ2) is 10.5. The maximum absolute atomic E-state index is 12.2. The molecule has 0 radical (unpaired) electrons. The summed E-state index contributed by atoms with van der Waals surface area (Å²) < 4.78 is 5.65. The van der Waals surface area contributed by atoms with Crippen molar-refractivity contribution in [1.29, 1.82) is 0 Å². The molecule has 1 saturated heterocycles. The summed E-state index contributed by atoms with van der Waals surface area (Å²) in [6.07, 6.45) is 1.00. The number of piperazine rings is 1. The predicted molar refractivity (Wildman–Crippen MR) is 95.3 cm³/mol. The molecule has 0 saturated carbocycles. The van der Waals surface area contributed by atoms with Gasteiger partial charge in [0.2, 0.25) is 5.91 Å². The van der Waals surface area contributed by atoms with Crippen LogP contribution in [0.15, 0.2) is 24.3 Å². The number of nitrogens with one attached hydrogen (secondary N) is 1. The van der Waals surface area contributed by atoms with Crippen molar-refractivity contribution in [2.24, 2.45) is 0 Å². The van der Waals surface area contributed by atoms with E-state index in [1.807, 2.05) is 24.1 Å². The molecule has 0 spiro atoms. The van der Waals surface area contributed by atoms with E-state index in [1.54, 1.807) is 0 Å². The first-order valence-corrected chi connectivity index (χ1v) is 8.08. The van der Waals surface area contributed by atoms with Crippen molar-refractivity contribution in [1.82, 2.24) is 15.1 Å². The lowest BCUT2D eigenvalue weighted by Crippen LogP contribution is -2.49. The number of likely N-dealkylation sites (N-methyl/N-ethyl adjacent to an activating group) is 1. The van der Waals surface area contributed by atoms with Crippen molar-refractivity contribution >= 4 is 18.3 Å². The molecule has 1 aromatic rings. The van der Waals surface area contributed by atoms with Gasteiger partial charge in [-0.25, -0.2) is 0 Å². The van der Waals surface area contributed by atoms with Crippen molar-refractivity contribution in [3.05, 3.63) is 29.8 Å². The molecule has 2 rings (SSSR count). The number of nitrogens with zero attached hydrogens (tertiary/aromatic N) is 2. The maximum Gasteiger partial charge on any atom is 0.236 e. The average Bonchev–Trinajstić information content (AvgIpc) is 2.54. The van der Waals surface area contributed by atoms with Crippen LogP contribution in [-0.2, 0) is 11.3 Å². The molecule has 0 unspecified atom stereocenters. The first-order valence-electron chi connectivity index (χ1n) is 8.08. The Morgan fingerprint density at radius 3 is 2.78 bits per heavy atom. The van der Waals surface area contributed by atoms with Gasteiger partial charge in [0, 0.05) is 32.7 Å². The van der Waals surface area contributed by atoms with Crippen LogP contribution in [0.5, 0.6) is 5.75 Å². The topological polar surface area (TPSA) is 44.8 Å². The van der Waals surface area contributed by atoms with Gasteiger partial charge >= 0.3 is 0 Å². The second-order valence-corrected chi connectivity index (χ2v) is 5.80. The number of halogens is 1. The molecule has 1 fully saturated rings. The lowest BCUT2D eigenvalue weighted by atomic mass is 10.2. The number of benzene rings is 1. The zero-order chi connectivity index (χ0) is 15.8. The maximum atomic E-state index is 12.2. The highest BCUT2D eigenvalue weighted by atomic mass is 35.5. The highest BCUT2D eigenvalue weighted by Gasteiger charge is 2.17.